The molecule has 2 fully saturated rings. The molecular formula is C29H35N5O5. The van der Waals surface area contributed by atoms with Crippen LogP contribution >= 0.6 is 0 Å². The minimum Gasteiger partial charge on any atom is -0.444 e. The highest BCUT2D eigenvalue weighted by atomic mass is 16.7. The average Bonchev–Trinajstić information content (AvgIpc) is 3.53. The monoisotopic (exact) mass is 533 g/mol. The molecule has 3 aromatic rings. The molecule has 2 saturated heterocycles. The van der Waals surface area contributed by atoms with E-state index in [2.05, 4.69) is 27.0 Å². The zero-order valence-corrected chi connectivity index (χ0v) is 22.9. The second-order valence-corrected chi connectivity index (χ2v) is 11.0. The molecule has 0 N–H and O–H groups in total. The van der Waals surface area contributed by atoms with Crippen LogP contribution in [0.25, 0.3) is 11.5 Å². The van der Waals surface area contributed by atoms with Crippen molar-refractivity contribution in [1.82, 2.24) is 24.6 Å². The number of carbonyl (C=O) groups excluding carboxylic acids is 1. The van der Waals surface area contributed by atoms with Gasteiger partial charge in [-0.1, -0.05) is 17.0 Å². The minimum absolute atomic E-state index is 0.130. The lowest BCUT2D eigenvalue weighted by atomic mass is 10.0. The van der Waals surface area contributed by atoms with Crippen molar-refractivity contribution in [2.75, 3.05) is 19.7 Å². The van der Waals surface area contributed by atoms with Crippen molar-refractivity contribution in [3.8, 4) is 23.3 Å². The summed E-state index contributed by atoms with van der Waals surface area (Å²) in [6, 6.07) is 5.65. The molecule has 0 saturated carbocycles. The van der Waals surface area contributed by atoms with Crippen molar-refractivity contribution in [3.05, 3.63) is 53.9 Å². The maximum Gasteiger partial charge on any atom is 0.410 e. The zero-order valence-electron chi connectivity index (χ0n) is 22.9. The summed E-state index contributed by atoms with van der Waals surface area (Å²) in [6.45, 7) is 9.96. The Morgan fingerprint density at radius 1 is 1.23 bits per heavy atom. The molecule has 1 unspecified atom stereocenters. The summed E-state index contributed by atoms with van der Waals surface area (Å²) in [5, 5.41) is 4.23. The summed E-state index contributed by atoms with van der Waals surface area (Å²) in [5.41, 5.74) is 1.74. The van der Waals surface area contributed by atoms with E-state index in [1.54, 1.807) is 17.3 Å². The quantitative estimate of drug-likeness (QED) is 0.416. The van der Waals surface area contributed by atoms with Gasteiger partial charge in [0.1, 0.15) is 28.9 Å². The average molecular weight is 534 g/mol. The molecule has 2 aliphatic heterocycles. The van der Waals surface area contributed by atoms with Crippen LogP contribution in [0.1, 0.15) is 70.1 Å². The summed E-state index contributed by atoms with van der Waals surface area (Å²) < 4.78 is 24.8. The number of nitrogens with zero attached hydrogens (tertiary/aromatic N) is 5. The third-order valence-electron chi connectivity index (χ3n) is 6.47. The molecule has 0 radical (unpaired) electrons. The Morgan fingerprint density at radius 3 is 2.79 bits per heavy atom. The molecule has 3 aromatic heterocycles. The number of imidazole rings is 1. The van der Waals surface area contributed by atoms with Gasteiger partial charge in [-0.05, 0) is 59.1 Å². The van der Waals surface area contributed by atoms with E-state index in [-0.39, 0.29) is 24.4 Å². The van der Waals surface area contributed by atoms with E-state index < -0.39 is 5.60 Å². The van der Waals surface area contributed by atoms with E-state index in [1.165, 1.54) is 0 Å². The fourth-order valence-electron chi connectivity index (χ4n) is 4.45. The highest BCUT2D eigenvalue weighted by Crippen LogP contribution is 2.24. The molecule has 0 aromatic carbocycles. The molecular weight excluding hydrogens is 498 g/mol. The van der Waals surface area contributed by atoms with Crippen molar-refractivity contribution >= 4 is 6.09 Å². The van der Waals surface area contributed by atoms with Crippen molar-refractivity contribution in [1.29, 1.82) is 0 Å². The van der Waals surface area contributed by atoms with Gasteiger partial charge in [-0.3, -0.25) is 4.98 Å². The second kappa shape index (κ2) is 11.6. The van der Waals surface area contributed by atoms with Gasteiger partial charge in [0.05, 0.1) is 12.5 Å². The highest BCUT2D eigenvalue weighted by molar-refractivity contribution is 5.69. The number of aromatic nitrogens is 4. The largest absolute Gasteiger partial charge is 0.444 e. The second-order valence-electron chi connectivity index (χ2n) is 11.0. The summed E-state index contributed by atoms with van der Waals surface area (Å²) in [5.74, 6) is 7.88. The number of likely N-dealkylation sites (tertiary alicyclic amines) is 1. The van der Waals surface area contributed by atoms with Gasteiger partial charge in [0, 0.05) is 49.9 Å². The van der Waals surface area contributed by atoms with Crippen LogP contribution in [0.5, 0.6) is 0 Å². The molecule has 1 amide bonds. The Balaban J connectivity index is 1.14. The van der Waals surface area contributed by atoms with Crippen molar-refractivity contribution in [2.45, 2.75) is 71.5 Å². The van der Waals surface area contributed by atoms with Crippen LogP contribution in [-0.2, 0) is 20.8 Å². The Labute approximate surface area is 228 Å². The molecule has 2 aliphatic rings. The van der Waals surface area contributed by atoms with Gasteiger partial charge in [0.25, 0.3) is 0 Å². The summed E-state index contributed by atoms with van der Waals surface area (Å²) >= 11 is 0. The number of amides is 1. The molecule has 39 heavy (non-hydrogen) atoms. The molecule has 5 heterocycles. The van der Waals surface area contributed by atoms with Crippen LogP contribution in [-0.4, -0.2) is 62.3 Å². The van der Waals surface area contributed by atoms with Gasteiger partial charge in [0.15, 0.2) is 12.1 Å². The minimum atomic E-state index is -0.495. The van der Waals surface area contributed by atoms with Crippen LogP contribution in [0.2, 0.25) is 0 Å². The molecule has 206 valence electrons. The molecule has 0 spiro atoms. The lowest BCUT2D eigenvalue weighted by Crippen LogP contribution is -2.51. The first-order chi connectivity index (χ1) is 18.7. The lowest BCUT2D eigenvalue weighted by molar-refractivity contribution is -0.188. The molecule has 5 rings (SSSR count). The van der Waals surface area contributed by atoms with Crippen molar-refractivity contribution < 1.29 is 23.5 Å². The summed E-state index contributed by atoms with van der Waals surface area (Å²) in [6.07, 6.45) is 7.81. The molecule has 10 nitrogen and oxygen atoms in total. The van der Waals surface area contributed by atoms with Gasteiger partial charge < -0.3 is 28.2 Å². The van der Waals surface area contributed by atoms with Crippen LogP contribution < -0.4 is 0 Å². The van der Waals surface area contributed by atoms with Gasteiger partial charge in [0.2, 0.25) is 0 Å². The number of rotatable bonds is 6. The first kappa shape index (κ1) is 26.9. The Morgan fingerprint density at radius 2 is 2.08 bits per heavy atom. The highest BCUT2D eigenvalue weighted by Gasteiger charge is 2.32. The normalized spacial score (nSPS) is 18.7. The van der Waals surface area contributed by atoms with E-state index in [4.69, 9.17) is 18.7 Å². The maximum absolute atomic E-state index is 12.1. The Hall–Kier alpha value is -3.68. The summed E-state index contributed by atoms with van der Waals surface area (Å²) in [7, 11) is 0. The van der Waals surface area contributed by atoms with Crippen LogP contribution in [0, 0.1) is 17.8 Å². The third-order valence-corrected chi connectivity index (χ3v) is 6.47. The maximum atomic E-state index is 12.1. The van der Waals surface area contributed by atoms with Crippen molar-refractivity contribution in [3.63, 3.8) is 0 Å². The van der Waals surface area contributed by atoms with Gasteiger partial charge >= 0.3 is 6.09 Å². The molecule has 0 aliphatic carbocycles. The van der Waals surface area contributed by atoms with E-state index in [1.807, 2.05) is 56.7 Å². The SMILES string of the molecule is C[C@H](OC1CCCCO1)c1nccn1Cc1cc(-c2ccc(C#CC3CN(C(=O)OC(C)(C)C)C3)cn2)on1. The van der Waals surface area contributed by atoms with Gasteiger partial charge in [-0.2, -0.15) is 0 Å². The number of hydrogen-bond donors (Lipinski definition) is 0. The van der Waals surface area contributed by atoms with Gasteiger partial charge in [-0.15, -0.1) is 0 Å². The van der Waals surface area contributed by atoms with E-state index in [9.17, 15) is 4.79 Å². The standard InChI is InChI=1S/C29H35N5O5/c1-20(37-26-7-5-6-14-36-26)27-30-12-13-33(27)19-23-15-25(39-32-23)24-11-10-21(16-31-24)8-9-22-17-34(18-22)28(35)38-29(2,3)4/h10-13,15-16,20,22,26H,5-7,14,17-19H2,1-4H3/t20-,26?/m0/s1. The number of ether oxygens (including phenoxy) is 3. The van der Waals surface area contributed by atoms with Crippen LogP contribution in [0.4, 0.5) is 4.79 Å². The Bertz CT molecular complexity index is 1320. The van der Waals surface area contributed by atoms with Crippen LogP contribution in [0.15, 0.2) is 41.3 Å². The summed E-state index contributed by atoms with van der Waals surface area (Å²) in [4.78, 5) is 22.7. The van der Waals surface area contributed by atoms with E-state index >= 15 is 0 Å². The lowest BCUT2D eigenvalue weighted by Gasteiger charge is -2.37. The van der Waals surface area contributed by atoms with Crippen LogP contribution in [0.3, 0.4) is 0 Å². The number of carbonyl (C=O) groups is 1. The van der Waals surface area contributed by atoms with Gasteiger partial charge in [-0.25, -0.2) is 9.78 Å². The third kappa shape index (κ3) is 7.05. The first-order valence-corrected chi connectivity index (χ1v) is 13.4. The molecule has 0 bridgehead atoms. The van der Waals surface area contributed by atoms with Crippen molar-refractivity contribution in [2.24, 2.45) is 5.92 Å². The topological polar surface area (TPSA) is 105 Å². The van der Waals surface area contributed by atoms with E-state index in [0.29, 0.717) is 31.1 Å². The fraction of sp³-hybridized carbons (Fsp3) is 0.517. The fourth-order valence-corrected chi connectivity index (χ4v) is 4.45. The predicted molar refractivity (Wildman–Crippen MR) is 142 cm³/mol. The molecule has 10 heteroatoms. The molecule has 2 atom stereocenters. The van der Waals surface area contributed by atoms with E-state index in [0.717, 1.165) is 43.0 Å². The number of pyridine rings is 1. The smallest absolute Gasteiger partial charge is 0.410 e. The zero-order chi connectivity index (χ0) is 27.4. The Kier molecular flexibility index (Phi) is 8.00. The number of hydrogen-bond acceptors (Lipinski definition) is 8. The predicted octanol–water partition coefficient (Wildman–Crippen LogP) is 4.80. The first-order valence-electron chi connectivity index (χ1n) is 13.4.